The molecule has 0 heterocycles. The number of nitrogens with one attached hydrogen (secondary N) is 1. The van der Waals surface area contributed by atoms with Gasteiger partial charge in [-0.15, -0.1) is 0 Å². The molecule has 0 aliphatic rings. The molecule has 0 unspecified atom stereocenters. The topological polar surface area (TPSA) is 49.3 Å². The highest BCUT2D eigenvalue weighted by Crippen LogP contribution is 2.17. The van der Waals surface area contributed by atoms with E-state index in [1.54, 1.807) is 0 Å². The van der Waals surface area contributed by atoms with E-state index < -0.39 is 12.0 Å². The number of carboxylic acid groups (broad SMARTS) is 1. The Balaban J connectivity index is 3.92. The number of carbonyl (C=O) groups is 1. The number of rotatable bonds is 6. The minimum atomic E-state index is -0.738. The summed E-state index contributed by atoms with van der Waals surface area (Å²) in [6.45, 7) is 11.3. The van der Waals surface area contributed by atoms with E-state index in [4.69, 9.17) is 5.11 Å². The van der Waals surface area contributed by atoms with Crippen molar-refractivity contribution in [3.8, 4) is 0 Å². The first-order valence-electron chi connectivity index (χ1n) is 5.68. The molecule has 0 saturated heterocycles. The number of hydrogen-bond donors (Lipinski definition) is 2. The van der Waals surface area contributed by atoms with Gasteiger partial charge < -0.3 is 10.4 Å². The van der Waals surface area contributed by atoms with E-state index in [0.717, 1.165) is 13.0 Å². The molecule has 0 aromatic heterocycles. The quantitative estimate of drug-likeness (QED) is 0.715. The van der Waals surface area contributed by atoms with Crippen molar-refractivity contribution in [3.05, 3.63) is 0 Å². The molecule has 0 aromatic rings. The van der Waals surface area contributed by atoms with Crippen LogP contribution in [0.15, 0.2) is 0 Å². The summed E-state index contributed by atoms with van der Waals surface area (Å²) in [4.78, 5) is 10.9. The maximum atomic E-state index is 10.9. The molecule has 0 saturated carbocycles. The van der Waals surface area contributed by atoms with Gasteiger partial charge in [-0.3, -0.25) is 4.79 Å². The number of carboxylic acids is 1. The van der Waals surface area contributed by atoms with E-state index in [1.165, 1.54) is 0 Å². The molecular weight excluding hydrogens is 190 g/mol. The normalized spacial score (nSPS) is 14.3. The minimum Gasteiger partial charge on any atom is -0.480 e. The van der Waals surface area contributed by atoms with Crippen LogP contribution in [0.5, 0.6) is 0 Å². The Bertz CT molecular complexity index is 194. The zero-order valence-electron chi connectivity index (χ0n) is 10.6. The fourth-order valence-corrected chi connectivity index (χ4v) is 1.36. The summed E-state index contributed by atoms with van der Waals surface area (Å²) in [5.41, 5.74) is 0.258. The van der Waals surface area contributed by atoms with Crippen LogP contribution >= 0.6 is 0 Å². The van der Waals surface area contributed by atoms with Gasteiger partial charge in [-0.05, 0) is 30.7 Å². The lowest BCUT2D eigenvalue weighted by Gasteiger charge is -2.21. The van der Waals surface area contributed by atoms with Gasteiger partial charge in [0.05, 0.1) is 0 Å². The first-order valence-corrected chi connectivity index (χ1v) is 5.68. The molecule has 2 N–H and O–H groups in total. The van der Waals surface area contributed by atoms with E-state index in [1.807, 2.05) is 13.8 Å². The van der Waals surface area contributed by atoms with E-state index in [9.17, 15) is 4.79 Å². The maximum Gasteiger partial charge on any atom is 0.320 e. The van der Waals surface area contributed by atoms with E-state index in [0.29, 0.717) is 12.3 Å². The lowest BCUT2D eigenvalue weighted by molar-refractivity contribution is -0.139. The Morgan fingerprint density at radius 3 is 2.20 bits per heavy atom. The Morgan fingerprint density at radius 2 is 1.87 bits per heavy atom. The second-order valence-electron chi connectivity index (χ2n) is 5.79. The van der Waals surface area contributed by atoms with Crippen LogP contribution in [0.3, 0.4) is 0 Å². The Kier molecular flexibility index (Phi) is 5.88. The van der Waals surface area contributed by atoms with Crippen LogP contribution < -0.4 is 5.32 Å². The molecule has 0 aliphatic carbocycles. The summed E-state index contributed by atoms with van der Waals surface area (Å²) in [6, 6.07) is -0.396. The maximum absolute atomic E-state index is 10.9. The van der Waals surface area contributed by atoms with Crippen molar-refractivity contribution in [2.75, 3.05) is 6.54 Å². The minimum absolute atomic E-state index is 0.258. The van der Waals surface area contributed by atoms with Gasteiger partial charge in [0.25, 0.3) is 0 Å². The third-order valence-electron chi connectivity index (χ3n) is 2.27. The SMILES string of the molecule is CC(C)C[C@@H](NCCC(C)(C)C)C(=O)O. The molecule has 0 aliphatic heterocycles. The molecule has 90 valence electrons. The van der Waals surface area contributed by atoms with Gasteiger partial charge in [0, 0.05) is 0 Å². The zero-order valence-corrected chi connectivity index (χ0v) is 10.6. The van der Waals surface area contributed by atoms with Gasteiger partial charge >= 0.3 is 5.97 Å². The van der Waals surface area contributed by atoms with Crippen molar-refractivity contribution < 1.29 is 9.90 Å². The van der Waals surface area contributed by atoms with Crippen molar-refractivity contribution in [3.63, 3.8) is 0 Å². The van der Waals surface area contributed by atoms with Crippen LogP contribution in [0.4, 0.5) is 0 Å². The first-order chi connectivity index (χ1) is 6.72. The van der Waals surface area contributed by atoms with Gasteiger partial charge in [-0.1, -0.05) is 34.6 Å². The van der Waals surface area contributed by atoms with Crippen LogP contribution in [0.2, 0.25) is 0 Å². The summed E-state index contributed by atoms with van der Waals surface area (Å²) in [6.07, 6.45) is 1.69. The molecule has 0 spiro atoms. The smallest absolute Gasteiger partial charge is 0.320 e. The number of aliphatic carboxylic acids is 1. The van der Waals surface area contributed by atoms with Crippen LogP contribution in [-0.4, -0.2) is 23.7 Å². The molecule has 15 heavy (non-hydrogen) atoms. The molecule has 3 heteroatoms. The summed E-state index contributed by atoms with van der Waals surface area (Å²) in [7, 11) is 0. The first kappa shape index (κ1) is 14.4. The highest BCUT2D eigenvalue weighted by atomic mass is 16.4. The van der Waals surface area contributed by atoms with Crippen LogP contribution in [-0.2, 0) is 4.79 Å². The average molecular weight is 215 g/mol. The van der Waals surface area contributed by atoms with Gasteiger partial charge in [-0.25, -0.2) is 0 Å². The van der Waals surface area contributed by atoms with Gasteiger partial charge in [-0.2, -0.15) is 0 Å². The molecule has 0 bridgehead atoms. The van der Waals surface area contributed by atoms with Crippen LogP contribution in [0.25, 0.3) is 0 Å². The predicted octanol–water partition coefficient (Wildman–Crippen LogP) is 2.51. The molecule has 3 nitrogen and oxygen atoms in total. The van der Waals surface area contributed by atoms with E-state index in [-0.39, 0.29) is 5.41 Å². The molecule has 0 aromatic carbocycles. The molecule has 0 amide bonds. The molecular formula is C12H25NO2. The fourth-order valence-electron chi connectivity index (χ4n) is 1.36. The molecule has 0 fully saturated rings. The third kappa shape index (κ3) is 8.43. The monoisotopic (exact) mass is 215 g/mol. The van der Waals surface area contributed by atoms with Crippen molar-refractivity contribution in [1.29, 1.82) is 0 Å². The average Bonchev–Trinajstić information content (AvgIpc) is 1.99. The Labute approximate surface area is 93.3 Å². The second-order valence-corrected chi connectivity index (χ2v) is 5.79. The van der Waals surface area contributed by atoms with Crippen molar-refractivity contribution in [2.24, 2.45) is 11.3 Å². The van der Waals surface area contributed by atoms with Crippen LogP contribution in [0, 0.1) is 11.3 Å². The van der Waals surface area contributed by atoms with Gasteiger partial charge in [0.15, 0.2) is 0 Å². The van der Waals surface area contributed by atoms with E-state index in [2.05, 4.69) is 26.1 Å². The summed E-state index contributed by atoms with van der Waals surface area (Å²) < 4.78 is 0. The standard InChI is InChI=1S/C12H25NO2/c1-9(2)8-10(11(14)15)13-7-6-12(3,4)5/h9-10,13H,6-8H2,1-5H3,(H,14,15)/t10-/m1/s1. The summed E-state index contributed by atoms with van der Waals surface area (Å²) in [5.74, 6) is -0.328. The lowest BCUT2D eigenvalue weighted by Crippen LogP contribution is -2.39. The van der Waals surface area contributed by atoms with Crippen molar-refractivity contribution in [1.82, 2.24) is 5.32 Å². The largest absolute Gasteiger partial charge is 0.480 e. The molecule has 0 radical (unpaired) electrons. The molecule has 0 rings (SSSR count). The van der Waals surface area contributed by atoms with Crippen LogP contribution in [0.1, 0.15) is 47.5 Å². The molecule has 1 atom stereocenters. The van der Waals surface area contributed by atoms with Crippen molar-refractivity contribution in [2.45, 2.75) is 53.5 Å². The fraction of sp³-hybridized carbons (Fsp3) is 0.917. The number of hydrogen-bond acceptors (Lipinski definition) is 2. The third-order valence-corrected chi connectivity index (χ3v) is 2.27. The van der Waals surface area contributed by atoms with Gasteiger partial charge in [0.1, 0.15) is 6.04 Å². The second kappa shape index (κ2) is 6.11. The summed E-state index contributed by atoms with van der Waals surface area (Å²) >= 11 is 0. The lowest BCUT2D eigenvalue weighted by atomic mass is 9.92. The predicted molar refractivity (Wildman–Crippen MR) is 63.0 cm³/mol. The highest BCUT2D eigenvalue weighted by Gasteiger charge is 2.19. The van der Waals surface area contributed by atoms with Gasteiger partial charge in [0.2, 0.25) is 0 Å². The van der Waals surface area contributed by atoms with E-state index >= 15 is 0 Å². The van der Waals surface area contributed by atoms with Crippen molar-refractivity contribution >= 4 is 5.97 Å². The highest BCUT2D eigenvalue weighted by molar-refractivity contribution is 5.73. The Hall–Kier alpha value is -0.570. The zero-order chi connectivity index (χ0) is 12.1. The Morgan fingerprint density at radius 1 is 1.33 bits per heavy atom. The summed E-state index contributed by atoms with van der Waals surface area (Å²) in [5, 5.41) is 12.1.